The second-order valence-corrected chi connectivity index (χ2v) is 9.35. The number of rotatable bonds is 4. The largest absolute Gasteiger partial charge is 0.427 e. The highest BCUT2D eigenvalue weighted by molar-refractivity contribution is 6.25. The smallest absolute Gasteiger partial charge is 0.308 e. The molecule has 0 aliphatic carbocycles. The zero-order chi connectivity index (χ0) is 25.0. The lowest BCUT2D eigenvalue weighted by Gasteiger charge is -2.29. The number of carbonyl (C=O) groups excluding carboxylic acids is 4. The summed E-state index contributed by atoms with van der Waals surface area (Å²) in [5, 5.41) is 6.36. The lowest BCUT2D eigenvalue weighted by atomic mass is 9.76. The summed E-state index contributed by atoms with van der Waals surface area (Å²) in [6, 6.07) is 22.8. The molecule has 2 N–H and O–H groups in total. The number of hydrogen-bond acceptors (Lipinski definition) is 6. The predicted molar refractivity (Wildman–Crippen MR) is 131 cm³/mol. The first-order valence-electron chi connectivity index (χ1n) is 11.8. The number of anilines is 2. The number of carbonyl (C=O) groups is 4. The lowest BCUT2D eigenvalue weighted by Crippen LogP contribution is -2.53. The molecule has 3 aromatic rings. The van der Waals surface area contributed by atoms with Crippen LogP contribution in [-0.4, -0.2) is 29.7 Å². The van der Waals surface area contributed by atoms with Gasteiger partial charge in [0.25, 0.3) is 0 Å². The average Bonchev–Trinajstić information content (AvgIpc) is 3.44. The Morgan fingerprint density at radius 1 is 0.917 bits per heavy atom. The highest BCUT2D eigenvalue weighted by Gasteiger charge is 2.70. The fourth-order valence-electron chi connectivity index (χ4n) is 5.88. The van der Waals surface area contributed by atoms with Crippen LogP contribution in [0.2, 0.25) is 0 Å². The van der Waals surface area contributed by atoms with Gasteiger partial charge in [-0.1, -0.05) is 48.5 Å². The van der Waals surface area contributed by atoms with E-state index in [0.717, 1.165) is 5.56 Å². The number of esters is 1. The number of nitrogens with one attached hydrogen (secondary N) is 2. The highest BCUT2D eigenvalue weighted by atomic mass is 16.5. The predicted octanol–water partition coefficient (Wildman–Crippen LogP) is 2.78. The Morgan fingerprint density at radius 2 is 1.61 bits per heavy atom. The summed E-state index contributed by atoms with van der Waals surface area (Å²) >= 11 is 0. The van der Waals surface area contributed by atoms with Crippen molar-refractivity contribution in [3.8, 4) is 5.75 Å². The Bertz CT molecular complexity index is 1400. The van der Waals surface area contributed by atoms with Gasteiger partial charge in [-0.25, -0.2) is 4.90 Å². The number of nitrogens with zero attached hydrogens (tertiary/aromatic N) is 1. The molecule has 4 unspecified atom stereocenters. The van der Waals surface area contributed by atoms with E-state index in [2.05, 4.69) is 10.6 Å². The fraction of sp³-hybridized carbons (Fsp3) is 0.214. The molecule has 3 heterocycles. The van der Waals surface area contributed by atoms with Crippen LogP contribution in [0, 0.1) is 11.8 Å². The van der Waals surface area contributed by atoms with Crippen LogP contribution in [0.5, 0.6) is 5.75 Å². The van der Waals surface area contributed by atoms with Crippen LogP contribution >= 0.6 is 0 Å². The van der Waals surface area contributed by atoms with Gasteiger partial charge in [0.05, 0.1) is 17.5 Å². The Morgan fingerprint density at radius 3 is 2.33 bits per heavy atom. The number of para-hydroxylation sites is 1. The average molecular weight is 482 g/mol. The molecular formula is C28H23N3O5. The van der Waals surface area contributed by atoms with E-state index in [1.807, 2.05) is 48.5 Å². The Balaban J connectivity index is 1.44. The van der Waals surface area contributed by atoms with Crippen LogP contribution in [0.3, 0.4) is 0 Å². The normalized spacial score (nSPS) is 26.2. The van der Waals surface area contributed by atoms with E-state index in [4.69, 9.17) is 4.74 Å². The summed E-state index contributed by atoms with van der Waals surface area (Å²) in [6.07, 6.45) is 0.484. The van der Waals surface area contributed by atoms with Crippen LogP contribution in [0.1, 0.15) is 18.1 Å². The lowest BCUT2D eigenvalue weighted by molar-refractivity contribution is -0.132. The number of benzene rings is 3. The summed E-state index contributed by atoms with van der Waals surface area (Å²) in [5.41, 5.74) is 1.34. The van der Waals surface area contributed by atoms with Crippen molar-refractivity contribution >= 4 is 35.1 Å². The molecule has 6 rings (SSSR count). The van der Waals surface area contributed by atoms with Gasteiger partial charge in [0, 0.05) is 24.2 Å². The van der Waals surface area contributed by atoms with Gasteiger partial charge in [-0.3, -0.25) is 24.5 Å². The molecule has 0 aromatic heterocycles. The SMILES string of the molecule is CC(=O)Oc1ccc(N2C(=O)C3C(Cc4ccccc4)NC4(C(=O)Nc5ccccc54)C3C2=O)cc1. The van der Waals surface area contributed by atoms with E-state index < -0.39 is 35.3 Å². The zero-order valence-corrected chi connectivity index (χ0v) is 19.4. The maximum Gasteiger partial charge on any atom is 0.308 e. The number of imide groups is 1. The maximum absolute atomic E-state index is 14.0. The standard InChI is InChI=1S/C28H23N3O5/c1-16(32)36-19-13-11-18(12-14-19)31-25(33)23-22(15-17-7-3-2-4-8-17)30-28(24(23)26(31)34)20-9-5-6-10-21(20)29-27(28)35/h2-14,22-24,30H,15H2,1H3,(H,29,35). The van der Waals surface area contributed by atoms with Crippen molar-refractivity contribution in [3.63, 3.8) is 0 Å². The molecule has 0 radical (unpaired) electrons. The molecule has 8 heteroatoms. The molecular weight excluding hydrogens is 458 g/mol. The van der Waals surface area contributed by atoms with Crippen LogP contribution in [0.4, 0.5) is 11.4 Å². The van der Waals surface area contributed by atoms with E-state index in [-0.39, 0.29) is 11.8 Å². The third-order valence-electron chi connectivity index (χ3n) is 7.28. The summed E-state index contributed by atoms with van der Waals surface area (Å²) in [4.78, 5) is 53.8. The first-order chi connectivity index (χ1) is 17.4. The fourth-order valence-corrected chi connectivity index (χ4v) is 5.88. The molecule has 8 nitrogen and oxygen atoms in total. The molecule has 0 saturated carbocycles. The molecule has 3 amide bonds. The van der Waals surface area contributed by atoms with E-state index in [1.54, 1.807) is 30.3 Å². The molecule has 36 heavy (non-hydrogen) atoms. The number of fused-ring (bicyclic) bond motifs is 4. The van der Waals surface area contributed by atoms with Crippen LogP contribution in [-0.2, 0) is 31.1 Å². The molecule has 4 atom stereocenters. The van der Waals surface area contributed by atoms with Gasteiger partial charge in [0.15, 0.2) is 0 Å². The highest BCUT2D eigenvalue weighted by Crippen LogP contribution is 2.53. The number of ether oxygens (including phenoxy) is 1. The monoisotopic (exact) mass is 481 g/mol. The summed E-state index contributed by atoms with van der Waals surface area (Å²) < 4.78 is 5.08. The minimum Gasteiger partial charge on any atom is -0.427 e. The summed E-state index contributed by atoms with van der Waals surface area (Å²) in [5.74, 6) is -2.91. The van der Waals surface area contributed by atoms with Gasteiger partial charge in [0.1, 0.15) is 11.3 Å². The van der Waals surface area contributed by atoms with Gasteiger partial charge in [-0.05, 0) is 42.3 Å². The van der Waals surface area contributed by atoms with Crippen molar-refractivity contribution in [2.75, 3.05) is 10.2 Å². The maximum atomic E-state index is 14.0. The Labute approximate surface area is 207 Å². The van der Waals surface area contributed by atoms with Crippen molar-refractivity contribution in [1.29, 1.82) is 0 Å². The summed E-state index contributed by atoms with van der Waals surface area (Å²) in [6.45, 7) is 1.30. The third kappa shape index (κ3) is 3.18. The van der Waals surface area contributed by atoms with Crippen molar-refractivity contribution in [2.24, 2.45) is 11.8 Å². The van der Waals surface area contributed by atoms with E-state index in [9.17, 15) is 19.2 Å². The molecule has 2 fully saturated rings. The van der Waals surface area contributed by atoms with Crippen LogP contribution in [0.15, 0.2) is 78.9 Å². The van der Waals surface area contributed by atoms with Gasteiger partial charge in [-0.15, -0.1) is 0 Å². The molecule has 3 aliphatic rings. The topological polar surface area (TPSA) is 105 Å². The second-order valence-electron chi connectivity index (χ2n) is 9.35. The summed E-state index contributed by atoms with van der Waals surface area (Å²) in [7, 11) is 0. The van der Waals surface area contributed by atoms with Crippen molar-refractivity contribution in [2.45, 2.75) is 24.9 Å². The Kier molecular flexibility index (Phi) is 5.01. The van der Waals surface area contributed by atoms with Gasteiger partial charge in [0.2, 0.25) is 17.7 Å². The van der Waals surface area contributed by atoms with E-state index in [0.29, 0.717) is 29.1 Å². The van der Waals surface area contributed by atoms with Crippen molar-refractivity contribution < 1.29 is 23.9 Å². The number of amides is 3. The zero-order valence-electron chi connectivity index (χ0n) is 19.4. The van der Waals surface area contributed by atoms with Crippen molar-refractivity contribution in [3.05, 3.63) is 90.0 Å². The molecule has 3 aromatic carbocycles. The van der Waals surface area contributed by atoms with Gasteiger partial charge < -0.3 is 10.1 Å². The first kappa shape index (κ1) is 22.2. The van der Waals surface area contributed by atoms with Gasteiger partial charge >= 0.3 is 5.97 Å². The van der Waals surface area contributed by atoms with E-state index in [1.165, 1.54) is 11.8 Å². The first-order valence-corrected chi connectivity index (χ1v) is 11.8. The third-order valence-corrected chi connectivity index (χ3v) is 7.28. The molecule has 180 valence electrons. The quantitative estimate of drug-likeness (QED) is 0.337. The number of hydrogen-bond donors (Lipinski definition) is 2. The molecule has 3 aliphatic heterocycles. The molecule has 1 spiro atoms. The van der Waals surface area contributed by atoms with Crippen LogP contribution in [0.25, 0.3) is 0 Å². The van der Waals surface area contributed by atoms with Crippen LogP contribution < -0.4 is 20.3 Å². The van der Waals surface area contributed by atoms with E-state index >= 15 is 0 Å². The minimum absolute atomic E-state index is 0.315. The van der Waals surface area contributed by atoms with Crippen molar-refractivity contribution in [1.82, 2.24) is 5.32 Å². The minimum atomic E-state index is -1.35. The molecule has 2 saturated heterocycles. The second kappa shape index (κ2) is 8.13. The van der Waals surface area contributed by atoms with Gasteiger partial charge in [-0.2, -0.15) is 0 Å². The molecule has 0 bridgehead atoms. The Hall–Kier alpha value is -4.30.